The van der Waals surface area contributed by atoms with Crippen molar-refractivity contribution in [3.8, 4) is 5.69 Å². The lowest BCUT2D eigenvalue weighted by molar-refractivity contribution is -0.149. The van der Waals surface area contributed by atoms with Crippen LogP contribution in [0.25, 0.3) is 5.69 Å². The first-order chi connectivity index (χ1) is 10.6. The third-order valence-corrected chi connectivity index (χ3v) is 4.26. The Hall–Kier alpha value is -2.10. The van der Waals surface area contributed by atoms with E-state index < -0.39 is 0 Å². The molecule has 4 nitrogen and oxygen atoms in total. The normalized spacial score (nSPS) is 15.2. The zero-order chi connectivity index (χ0) is 15.5. The Morgan fingerprint density at radius 1 is 1.23 bits per heavy atom. The fourth-order valence-corrected chi connectivity index (χ4v) is 3.06. The molecule has 1 heterocycles. The largest absolute Gasteiger partial charge is 0.461 e. The van der Waals surface area contributed by atoms with Crippen molar-refractivity contribution in [2.24, 2.45) is 5.92 Å². The van der Waals surface area contributed by atoms with Crippen LogP contribution in [0.4, 0.5) is 0 Å². The Morgan fingerprint density at radius 2 is 1.91 bits per heavy atom. The number of aromatic nitrogens is 2. The highest BCUT2D eigenvalue weighted by Gasteiger charge is 2.23. The van der Waals surface area contributed by atoms with Crippen molar-refractivity contribution in [3.05, 3.63) is 47.3 Å². The smallest absolute Gasteiger partial charge is 0.309 e. The topological polar surface area (TPSA) is 44.1 Å². The molecule has 0 spiro atoms. The molecule has 2 aromatic rings. The van der Waals surface area contributed by atoms with E-state index in [1.807, 2.05) is 42.8 Å². The summed E-state index contributed by atoms with van der Waals surface area (Å²) in [6.07, 6.45) is 4.26. The van der Waals surface area contributed by atoms with Crippen LogP contribution < -0.4 is 0 Å². The molecule has 1 aliphatic carbocycles. The average Bonchev–Trinajstić information content (AvgIpc) is 3.15. The molecule has 116 valence electrons. The minimum absolute atomic E-state index is 0.0416. The molecule has 1 aliphatic rings. The zero-order valence-electron chi connectivity index (χ0n) is 13.2. The van der Waals surface area contributed by atoms with Crippen LogP contribution in [0.15, 0.2) is 30.3 Å². The van der Waals surface area contributed by atoms with E-state index in [2.05, 4.69) is 11.2 Å². The summed E-state index contributed by atoms with van der Waals surface area (Å²) in [7, 11) is 0. The first-order valence-corrected chi connectivity index (χ1v) is 7.93. The number of carbonyl (C=O) groups excluding carboxylic acids is 1. The van der Waals surface area contributed by atoms with Gasteiger partial charge in [-0.3, -0.25) is 4.79 Å². The minimum atomic E-state index is -0.0416. The van der Waals surface area contributed by atoms with Crippen LogP contribution in [0.5, 0.6) is 0 Å². The number of nitrogens with zero attached hydrogens (tertiary/aromatic N) is 2. The molecule has 1 aromatic heterocycles. The van der Waals surface area contributed by atoms with Gasteiger partial charge in [-0.2, -0.15) is 5.10 Å². The van der Waals surface area contributed by atoms with E-state index in [4.69, 9.17) is 4.74 Å². The molecule has 0 amide bonds. The molecule has 0 aliphatic heterocycles. The minimum Gasteiger partial charge on any atom is -0.461 e. The highest BCUT2D eigenvalue weighted by atomic mass is 16.5. The number of carbonyl (C=O) groups is 1. The van der Waals surface area contributed by atoms with E-state index in [9.17, 15) is 4.79 Å². The molecule has 3 rings (SSSR count). The predicted octanol–water partition coefficient (Wildman–Crippen LogP) is 3.72. The molecule has 4 heteroatoms. The molecule has 1 aromatic carbocycles. The van der Waals surface area contributed by atoms with E-state index >= 15 is 0 Å². The molecular weight excluding hydrogens is 276 g/mol. The summed E-state index contributed by atoms with van der Waals surface area (Å²) < 4.78 is 7.34. The summed E-state index contributed by atoms with van der Waals surface area (Å²) in [6, 6.07) is 10.1. The summed E-state index contributed by atoms with van der Waals surface area (Å²) >= 11 is 0. The molecule has 0 N–H and O–H groups in total. The average molecular weight is 298 g/mol. The molecule has 22 heavy (non-hydrogen) atoms. The van der Waals surface area contributed by atoms with Crippen molar-refractivity contribution in [1.29, 1.82) is 0 Å². The number of rotatable bonds is 4. The molecule has 0 unspecified atom stereocenters. The predicted molar refractivity (Wildman–Crippen MR) is 84.8 cm³/mol. The molecule has 0 saturated heterocycles. The van der Waals surface area contributed by atoms with Crippen molar-refractivity contribution in [2.75, 3.05) is 0 Å². The van der Waals surface area contributed by atoms with Crippen molar-refractivity contribution in [2.45, 2.75) is 46.1 Å². The fraction of sp³-hybridized carbons (Fsp3) is 0.444. The van der Waals surface area contributed by atoms with Gasteiger partial charge in [0.15, 0.2) is 0 Å². The second kappa shape index (κ2) is 6.34. The summed E-state index contributed by atoms with van der Waals surface area (Å²) in [6.45, 7) is 4.38. The number of aryl methyl sites for hydroxylation is 2. The van der Waals surface area contributed by atoms with Gasteiger partial charge >= 0.3 is 5.97 Å². The van der Waals surface area contributed by atoms with Crippen LogP contribution in [0.2, 0.25) is 0 Å². The van der Waals surface area contributed by atoms with Crippen LogP contribution in [0.3, 0.4) is 0 Å². The number of esters is 1. The highest BCUT2D eigenvalue weighted by Crippen LogP contribution is 2.26. The highest BCUT2D eigenvalue weighted by molar-refractivity contribution is 5.72. The maximum atomic E-state index is 11.9. The number of hydrogen-bond acceptors (Lipinski definition) is 3. The van der Waals surface area contributed by atoms with Gasteiger partial charge in [-0.15, -0.1) is 0 Å². The second-order valence-electron chi connectivity index (χ2n) is 6.09. The van der Waals surface area contributed by atoms with E-state index in [-0.39, 0.29) is 11.9 Å². The quantitative estimate of drug-likeness (QED) is 0.808. The van der Waals surface area contributed by atoms with E-state index in [0.29, 0.717) is 6.61 Å². The van der Waals surface area contributed by atoms with Crippen LogP contribution in [0.1, 0.15) is 42.6 Å². The van der Waals surface area contributed by atoms with Gasteiger partial charge in [0.1, 0.15) is 6.61 Å². The van der Waals surface area contributed by atoms with Crippen LogP contribution in [-0.4, -0.2) is 15.7 Å². The summed E-state index contributed by atoms with van der Waals surface area (Å²) in [5.41, 5.74) is 4.15. The Labute approximate surface area is 131 Å². The van der Waals surface area contributed by atoms with Gasteiger partial charge in [-0.05, 0) is 50.5 Å². The Balaban J connectivity index is 1.62. The summed E-state index contributed by atoms with van der Waals surface area (Å²) in [4.78, 5) is 11.9. The van der Waals surface area contributed by atoms with Gasteiger partial charge in [-0.25, -0.2) is 4.68 Å². The SMILES string of the molecule is Cc1cc(C)n(-c2ccc(COC(=O)C3CCCC3)cc2)n1. The van der Waals surface area contributed by atoms with Gasteiger partial charge in [0.2, 0.25) is 0 Å². The first-order valence-electron chi connectivity index (χ1n) is 7.93. The summed E-state index contributed by atoms with van der Waals surface area (Å²) in [5.74, 6) is 0.0779. The van der Waals surface area contributed by atoms with Gasteiger partial charge in [-0.1, -0.05) is 25.0 Å². The maximum Gasteiger partial charge on any atom is 0.309 e. The first kappa shape index (κ1) is 14.8. The molecule has 0 radical (unpaired) electrons. The lowest BCUT2D eigenvalue weighted by Gasteiger charge is -2.10. The van der Waals surface area contributed by atoms with E-state index in [1.165, 1.54) is 0 Å². The second-order valence-corrected chi connectivity index (χ2v) is 6.09. The van der Waals surface area contributed by atoms with Crippen molar-refractivity contribution in [1.82, 2.24) is 9.78 Å². The fourth-order valence-electron chi connectivity index (χ4n) is 3.06. The Kier molecular flexibility index (Phi) is 4.27. The Bertz CT molecular complexity index is 652. The van der Waals surface area contributed by atoms with Gasteiger partial charge in [0, 0.05) is 5.69 Å². The monoisotopic (exact) mass is 298 g/mol. The van der Waals surface area contributed by atoms with Gasteiger partial charge in [0.25, 0.3) is 0 Å². The standard InChI is InChI=1S/C18H22N2O2/c1-13-11-14(2)20(19-13)17-9-7-15(8-10-17)12-22-18(21)16-5-3-4-6-16/h7-11,16H,3-6,12H2,1-2H3. The van der Waals surface area contributed by atoms with Crippen molar-refractivity contribution in [3.63, 3.8) is 0 Å². The zero-order valence-corrected chi connectivity index (χ0v) is 13.2. The molecule has 0 atom stereocenters. The third kappa shape index (κ3) is 3.21. The number of benzene rings is 1. The van der Waals surface area contributed by atoms with Crippen molar-refractivity contribution >= 4 is 5.97 Å². The van der Waals surface area contributed by atoms with Crippen LogP contribution >= 0.6 is 0 Å². The Morgan fingerprint density at radius 3 is 2.50 bits per heavy atom. The van der Waals surface area contributed by atoms with E-state index in [0.717, 1.165) is 48.3 Å². The molecular formula is C18H22N2O2. The lowest BCUT2D eigenvalue weighted by Crippen LogP contribution is -2.14. The van der Waals surface area contributed by atoms with E-state index in [1.54, 1.807) is 0 Å². The number of ether oxygens (including phenoxy) is 1. The molecule has 1 saturated carbocycles. The van der Waals surface area contributed by atoms with Gasteiger partial charge < -0.3 is 4.74 Å². The lowest BCUT2D eigenvalue weighted by atomic mass is 10.1. The number of hydrogen-bond donors (Lipinski definition) is 0. The van der Waals surface area contributed by atoms with Crippen LogP contribution in [-0.2, 0) is 16.1 Å². The van der Waals surface area contributed by atoms with Crippen molar-refractivity contribution < 1.29 is 9.53 Å². The van der Waals surface area contributed by atoms with Crippen LogP contribution in [0, 0.1) is 19.8 Å². The van der Waals surface area contributed by atoms with Gasteiger partial charge in [0.05, 0.1) is 17.3 Å². The maximum absolute atomic E-state index is 11.9. The third-order valence-electron chi connectivity index (χ3n) is 4.26. The summed E-state index contributed by atoms with van der Waals surface area (Å²) in [5, 5.41) is 4.47. The molecule has 0 bridgehead atoms. The molecule has 1 fully saturated rings.